The molecular formula is C10H13F2N3O2. The fourth-order valence-electron chi connectivity index (χ4n) is 2.09. The topological polar surface area (TPSA) is 57.0 Å². The Morgan fingerprint density at radius 1 is 1.53 bits per heavy atom. The molecular weight excluding hydrogens is 232 g/mol. The fraction of sp³-hybridized carbons (Fsp3) is 0.700. The Labute approximate surface area is 96.7 Å². The molecule has 1 atom stereocenters. The van der Waals surface area contributed by atoms with Crippen LogP contribution in [0.4, 0.5) is 8.78 Å². The van der Waals surface area contributed by atoms with Crippen LogP contribution < -0.4 is 0 Å². The van der Waals surface area contributed by atoms with Gasteiger partial charge in [-0.1, -0.05) is 5.21 Å². The van der Waals surface area contributed by atoms with E-state index in [9.17, 15) is 13.6 Å². The second kappa shape index (κ2) is 4.77. The molecule has 2 rings (SSSR count). The van der Waals surface area contributed by atoms with Gasteiger partial charge in [0, 0.05) is 6.54 Å². The van der Waals surface area contributed by atoms with E-state index in [-0.39, 0.29) is 17.6 Å². The zero-order chi connectivity index (χ0) is 12.4. The molecule has 0 aliphatic carbocycles. The number of fused-ring (bicyclic) bond motifs is 1. The van der Waals surface area contributed by atoms with Crippen molar-refractivity contribution in [1.29, 1.82) is 0 Å². The van der Waals surface area contributed by atoms with E-state index in [1.807, 2.05) is 0 Å². The number of methoxy groups -OCH3 is 1. The van der Waals surface area contributed by atoms with Gasteiger partial charge in [0.25, 0.3) is 6.43 Å². The standard InChI is InChI=1S/C10H13F2N3O2/c1-17-10(16)6-2-3-7-8(9(11)12)13-14-15(7)5-4-6/h6,9H,2-5H2,1H3/t6-/m1/s1. The number of carbonyl (C=O) groups is 1. The van der Waals surface area contributed by atoms with E-state index in [0.717, 1.165) is 0 Å². The summed E-state index contributed by atoms with van der Waals surface area (Å²) in [5, 5.41) is 7.17. The zero-order valence-corrected chi connectivity index (χ0v) is 9.40. The first-order valence-corrected chi connectivity index (χ1v) is 5.41. The van der Waals surface area contributed by atoms with Gasteiger partial charge in [-0.3, -0.25) is 4.79 Å². The van der Waals surface area contributed by atoms with E-state index in [4.69, 9.17) is 0 Å². The molecule has 0 saturated carbocycles. The summed E-state index contributed by atoms with van der Waals surface area (Å²) in [5.74, 6) is -0.533. The highest BCUT2D eigenvalue weighted by Gasteiger charge is 2.28. The van der Waals surface area contributed by atoms with Crippen molar-refractivity contribution >= 4 is 5.97 Å². The Kier molecular flexibility index (Phi) is 3.35. The largest absolute Gasteiger partial charge is 0.469 e. The van der Waals surface area contributed by atoms with Crippen LogP contribution in [0.15, 0.2) is 0 Å². The number of halogens is 2. The molecule has 0 spiro atoms. The highest BCUT2D eigenvalue weighted by atomic mass is 19.3. The number of esters is 1. The first-order chi connectivity index (χ1) is 8.13. The van der Waals surface area contributed by atoms with Crippen molar-refractivity contribution in [3.05, 3.63) is 11.4 Å². The second-order valence-electron chi connectivity index (χ2n) is 3.99. The monoisotopic (exact) mass is 245 g/mol. The summed E-state index contributed by atoms with van der Waals surface area (Å²) in [7, 11) is 1.33. The summed E-state index contributed by atoms with van der Waals surface area (Å²) in [4.78, 5) is 11.4. The number of ether oxygens (including phenoxy) is 1. The summed E-state index contributed by atoms with van der Waals surface area (Å²) in [6, 6.07) is 0. The van der Waals surface area contributed by atoms with Gasteiger partial charge < -0.3 is 4.74 Å². The van der Waals surface area contributed by atoms with E-state index < -0.39 is 6.43 Å². The van der Waals surface area contributed by atoms with Crippen molar-refractivity contribution in [2.24, 2.45) is 5.92 Å². The van der Waals surface area contributed by atoms with Crippen molar-refractivity contribution < 1.29 is 18.3 Å². The third kappa shape index (κ3) is 2.27. The molecule has 17 heavy (non-hydrogen) atoms. The SMILES string of the molecule is COC(=O)[C@@H]1CCc2c(C(F)F)nnn2CC1. The van der Waals surface area contributed by atoms with E-state index in [1.54, 1.807) is 0 Å². The summed E-state index contributed by atoms with van der Waals surface area (Å²) in [6.45, 7) is 0.425. The van der Waals surface area contributed by atoms with Crippen molar-refractivity contribution in [2.75, 3.05) is 7.11 Å². The molecule has 0 fully saturated rings. The van der Waals surface area contributed by atoms with E-state index >= 15 is 0 Å². The molecule has 2 heterocycles. The average molecular weight is 245 g/mol. The van der Waals surface area contributed by atoms with Gasteiger partial charge in [0.15, 0.2) is 5.69 Å². The summed E-state index contributed by atoms with van der Waals surface area (Å²) < 4.78 is 31.4. The molecule has 0 saturated heterocycles. The van der Waals surface area contributed by atoms with Crippen LogP contribution in [0.25, 0.3) is 0 Å². The highest BCUT2D eigenvalue weighted by Crippen LogP contribution is 2.26. The lowest BCUT2D eigenvalue weighted by atomic mass is 10.00. The number of hydrogen-bond donors (Lipinski definition) is 0. The van der Waals surface area contributed by atoms with Gasteiger partial charge in [0.1, 0.15) is 0 Å². The maximum atomic E-state index is 12.6. The predicted molar refractivity (Wildman–Crippen MR) is 53.4 cm³/mol. The summed E-state index contributed by atoms with van der Waals surface area (Å²) >= 11 is 0. The molecule has 1 aliphatic heterocycles. The average Bonchev–Trinajstić information content (AvgIpc) is 2.61. The van der Waals surface area contributed by atoms with Gasteiger partial charge in [-0.25, -0.2) is 13.5 Å². The zero-order valence-electron chi connectivity index (χ0n) is 9.40. The van der Waals surface area contributed by atoms with Crippen LogP contribution in [0.3, 0.4) is 0 Å². The van der Waals surface area contributed by atoms with Crippen molar-refractivity contribution in [2.45, 2.75) is 32.2 Å². The van der Waals surface area contributed by atoms with Crippen LogP contribution >= 0.6 is 0 Å². The number of aromatic nitrogens is 3. The van der Waals surface area contributed by atoms with Gasteiger partial charge in [-0.2, -0.15) is 0 Å². The third-order valence-electron chi connectivity index (χ3n) is 3.03. The molecule has 0 amide bonds. The van der Waals surface area contributed by atoms with Crippen LogP contribution in [-0.2, 0) is 22.5 Å². The van der Waals surface area contributed by atoms with Gasteiger partial charge in [0.05, 0.1) is 18.7 Å². The molecule has 0 aromatic carbocycles. The van der Waals surface area contributed by atoms with Gasteiger partial charge >= 0.3 is 5.97 Å². The summed E-state index contributed by atoms with van der Waals surface area (Å²) in [6.07, 6.45) is -1.19. The lowest BCUT2D eigenvalue weighted by molar-refractivity contribution is -0.145. The minimum atomic E-state index is -2.62. The Balaban J connectivity index is 2.16. The Morgan fingerprint density at radius 2 is 2.29 bits per heavy atom. The third-order valence-corrected chi connectivity index (χ3v) is 3.03. The Morgan fingerprint density at radius 3 is 2.94 bits per heavy atom. The number of hydrogen-bond acceptors (Lipinski definition) is 4. The molecule has 94 valence electrons. The van der Waals surface area contributed by atoms with Gasteiger partial charge in [-0.05, 0) is 19.3 Å². The summed E-state index contributed by atoms with van der Waals surface area (Å²) in [5.41, 5.74) is 0.168. The smallest absolute Gasteiger partial charge is 0.308 e. The fourth-order valence-corrected chi connectivity index (χ4v) is 2.09. The lowest BCUT2D eigenvalue weighted by Crippen LogP contribution is -2.17. The number of aryl methyl sites for hydroxylation is 1. The normalized spacial score (nSPS) is 19.9. The molecule has 0 radical (unpaired) electrons. The van der Waals surface area contributed by atoms with E-state index in [1.165, 1.54) is 11.8 Å². The van der Waals surface area contributed by atoms with Gasteiger partial charge in [0.2, 0.25) is 0 Å². The maximum absolute atomic E-state index is 12.6. The number of carbonyl (C=O) groups excluding carboxylic acids is 1. The Bertz CT molecular complexity index is 420. The maximum Gasteiger partial charge on any atom is 0.308 e. The molecule has 1 aromatic heterocycles. The van der Waals surface area contributed by atoms with Crippen LogP contribution in [0.2, 0.25) is 0 Å². The van der Waals surface area contributed by atoms with Crippen LogP contribution in [-0.4, -0.2) is 28.1 Å². The van der Waals surface area contributed by atoms with Crippen LogP contribution in [0.1, 0.15) is 30.7 Å². The van der Waals surface area contributed by atoms with Gasteiger partial charge in [-0.15, -0.1) is 5.10 Å². The molecule has 7 heteroatoms. The number of rotatable bonds is 2. The second-order valence-corrected chi connectivity index (χ2v) is 3.99. The molecule has 1 aromatic rings. The van der Waals surface area contributed by atoms with Crippen molar-refractivity contribution in [3.8, 4) is 0 Å². The van der Waals surface area contributed by atoms with Crippen molar-refractivity contribution in [1.82, 2.24) is 15.0 Å². The molecule has 5 nitrogen and oxygen atoms in total. The minimum absolute atomic E-state index is 0.243. The molecule has 1 aliphatic rings. The first-order valence-electron chi connectivity index (χ1n) is 5.41. The number of alkyl halides is 2. The highest BCUT2D eigenvalue weighted by molar-refractivity contribution is 5.72. The van der Waals surface area contributed by atoms with Crippen LogP contribution in [0.5, 0.6) is 0 Å². The molecule has 0 N–H and O–H groups in total. The minimum Gasteiger partial charge on any atom is -0.469 e. The quantitative estimate of drug-likeness (QED) is 0.738. The van der Waals surface area contributed by atoms with Crippen molar-refractivity contribution in [3.63, 3.8) is 0 Å². The Hall–Kier alpha value is -1.53. The molecule has 0 bridgehead atoms. The first kappa shape index (κ1) is 11.9. The van der Waals surface area contributed by atoms with E-state index in [2.05, 4.69) is 15.0 Å². The van der Waals surface area contributed by atoms with Crippen LogP contribution in [0, 0.1) is 5.92 Å². The van der Waals surface area contributed by atoms with E-state index in [0.29, 0.717) is 31.5 Å². The number of nitrogens with zero attached hydrogens (tertiary/aromatic N) is 3. The lowest BCUT2D eigenvalue weighted by Gasteiger charge is -2.09. The molecule has 0 unspecified atom stereocenters. The predicted octanol–water partition coefficient (Wildman–Crippen LogP) is 1.34.